The second-order valence-electron chi connectivity index (χ2n) is 13.4. The third-order valence-electron chi connectivity index (χ3n) is 10.6. The van der Waals surface area contributed by atoms with Crippen LogP contribution in [-0.2, 0) is 10.2 Å². The molecule has 0 atom stereocenters. The summed E-state index contributed by atoms with van der Waals surface area (Å²) in [6, 6.07) is 14.4. The van der Waals surface area contributed by atoms with Gasteiger partial charge in [0.15, 0.2) is 5.82 Å². The van der Waals surface area contributed by atoms with Gasteiger partial charge >= 0.3 is 6.43 Å². The van der Waals surface area contributed by atoms with Crippen molar-refractivity contribution >= 4 is 33.1 Å². The number of benzene rings is 2. The van der Waals surface area contributed by atoms with Crippen LogP contribution in [0.1, 0.15) is 80.9 Å². The number of hydrogen-bond acceptors (Lipinski definition) is 6. The molecular weight excluding hydrogens is 561 g/mol. The zero-order valence-electron chi connectivity index (χ0n) is 23.3. The van der Waals surface area contributed by atoms with E-state index in [1.54, 1.807) is 11.3 Å². The van der Waals surface area contributed by atoms with E-state index in [9.17, 15) is 18.0 Å². The highest BCUT2D eigenvalue weighted by atomic mass is 32.1. The van der Waals surface area contributed by atoms with E-state index < -0.39 is 23.4 Å². The van der Waals surface area contributed by atoms with Crippen LogP contribution in [0.15, 0.2) is 47.0 Å². The smallest absolute Gasteiger partial charge is 0.315 e. The number of alkyl halides is 3. The van der Waals surface area contributed by atoms with Gasteiger partial charge < -0.3 is 9.42 Å². The maximum atomic E-state index is 14.6. The number of thiazole rings is 1. The number of rotatable bonds is 7. The number of carbonyl (C=O) groups is 1. The molecule has 1 amide bonds. The molecule has 4 aromatic rings. The molecule has 0 spiro atoms. The topological polar surface area (TPSA) is 72.1 Å². The molecule has 0 N–H and O–H groups in total. The van der Waals surface area contributed by atoms with Crippen molar-refractivity contribution in [2.75, 3.05) is 11.4 Å². The van der Waals surface area contributed by atoms with Crippen molar-refractivity contribution in [3.8, 4) is 11.1 Å². The minimum absolute atomic E-state index is 0.0317. The molecule has 4 bridgehead atoms. The van der Waals surface area contributed by atoms with Crippen molar-refractivity contribution in [3.05, 3.63) is 59.2 Å². The van der Waals surface area contributed by atoms with E-state index in [1.807, 2.05) is 30.0 Å². The van der Waals surface area contributed by atoms with Gasteiger partial charge in [0, 0.05) is 17.6 Å². The molecule has 0 aliphatic heterocycles. The molecule has 6 nitrogen and oxygen atoms in total. The molecule has 10 rings (SSSR count). The lowest BCUT2D eigenvalue weighted by Gasteiger charge is -2.65. The van der Waals surface area contributed by atoms with Crippen molar-refractivity contribution in [1.29, 1.82) is 0 Å². The SMILES string of the molecule is Cc1nc2ccc(-c3cccc(N(CC45CCC(c6noc(C(F)F)n6)(CC4)CC5)C(=O)C45CC(F)(C4)C5)c3)cc2s1. The highest BCUT2D eigenvalue weighted by Crippen LogP contribution is 2.70. The van der Waals surface area contributed by atoms with Gasteiger partial charge in [-0.05, 0) is 106 Å². The van der Waals surface area contributed by atoms with Crippen LogP contribution in [0.2, 0.25) is 0 Å². The summed E-state index contributed by atoms with van der Waals surface area (Å²) in [6.07, 6.45) is 3.00. The first kappa shape index (κ1) is 26.4. The molecule has 42 heavy (non-hydrogen) atoms. The Bertz CT molecular complexity index is 1690. The Morgan fingerprint density at radius 1 is 1.00 bits per heavy atom. The van der Waals surface area contributed by atoms with Crippen LogP contribution < -0.4 is 4.90 Å². The quantitative estimate of drug-likeness (QED) is 0.217. The first-order chi connectivity index (χ1) is 20.1. The number of fused-ring (bicyclic) bond motifs is 4. The van der Waals surface area contributed by atoms with E-state index in [2.05, 4.69) is 39.4 Å². The molecule has 6 saturated carbocycles. The Hall–Kier alpha value is -3.27. The number of anilines is 1. The van der Waals surface area contributed by atoms with Crippen LogP contribution in [0.3, 0.4) is 0 Å². The van der Waals surface area contributed by atoms with Crippen molar-refractivity contribution in [1.82, 2.24) is 15.1 Å². The van der Waals surface area contributed by atoms with Crippen molar-refractivity contribution < 1.29 is 22.5 Å². The Morgan fingerprint density at radius 3 is 2.38 bits per heavy atom. The number of amides is 1. The summed E-state index contributed by atoms with van der Waals surface area (Å²) in [4.78, 5) is 24.8. The van der Waals surface area contributed by atoms with Crippen LogP contribution >= 0.6 is 11.3 Å². The Balaban J connectivity index is 1.09. The van der Waals surface area contributed by atoms with Gasteiger partial charge in [0.1, 0.15) is 5.67 Å². The van der Waals surface area contributed by atoms with Gasteiger partial charge in [0.2, 0.25) is 5.91 Å². The molecule has 218 valence electrons. The molecule has 0 unspecified atom stereocenters. The molecule has 0 radical (unpaired) electrons. The van der Waals surface area contributed by atoms with Crippen LogP contribution in [0.4, 0.5) is 18.9 Å². The normalized spacial score (nSPS) is 31.3. The van der Waals surface area contributed by atoms with E-state index in [-0.39, 0.29) is 16.7 Å². The predicted molar refractivity (Wildman–Crippen MR) is 153 cm³/mol. The van der Waals surface area contributed by atoms with E-state index >= 15 is 0 Å². The van der Waals surface area contributed by atoms with E-state index in [4.69, 9.17) is 4.52 Å². The third kappa shape index (κ3) is 3.97. The molecule has 6 aliphatic rings. The van der Waals surface area contributed by atoms with Gasteiger partial charge in [0.25, 0.3) is 5.89 Å². The molecule has 6 fully saturated rings. The Labute approximate surface area is 245 Å². The summed E-state index contributed by atoms with van der Waals surface area (Å²) in [6.45, 7) is 2.57. The molecule has 6 aliphatic carbocycles. The fourth-order valence-corrected chi connectivity index (χ4v) is 9.11. The molecule has 2 aromatic heterocycles. The monoisotopic (exact) mass is 592 g/mol. The van der Waals surface area contributed by atoms with Gasteiger partial charge in [-0.15, -0.1) is 11.3 Å². The maximum absolute atomic E-state index is 14.6. The van der Waals surface area contributed by atoms with Gasteiger partial charge in [-0.1, -0.05) is 23.4 Å². The van der Waals surface area contributed by atoms with E-state index in [1.165, 1.54) is 0 Å². The lowest BCUT2D eigenvalue weighted by molar-refractivity contribution is -0.211. The molecule has 0 saturated heterocycles. The highest BCUT2D eigenvalue weighted by molar-refractivity contribution is 7.18. The summed E-state index contributed by atoms with van der Waals surface area (Å²) in [5.41, 5.74) is 1.70. The second-order valence-corrected chi connectivity index (χ2v) is 14.6. The van der Waals surface area contributed by atoms with Crippen molar-refractivity contribution in [3.63, 3.8) is 0 Å². The lowest BCUT2D eigenvalue weighted by atomic mass is 9.41. The van der Waals surface area contributed by atoms with E-state index in [0.29, 0.717) is 31.6 Å². The number of aryl methyl sites for hydroxylation is 1. The molecule has 10 heteroatoms. The minimum Gasteiger partial charge on any atom is -0.333 e. The number of carbonyl (C=O) groups excluding carboxylic acids is 1. The van der Waals surface area contributed by atoms with Crippen LogP contribution in [0.5, 0.6) is 0 Å². The minimum atomic E-state index is -2.78. The van der Waals surface area contributed by atoms with Gasteiger partial charge in [-0.3, -0.25) is 4.79 Å². The van der Waals surface area contributed by atoms with Crippen LogP contribution in [0.25, 0.3) is 21.3 Å². The second kappa shape index (κ2) is 8.88. The van der Waals surface area contributed by atoms with Crippen molar-refractivity contribution in [2.45, 2.75) is 82.2 Å². The number of aromatic nitrogens is 3. The largest absolute Gasteiger partial charge is 0.333 e. The number of halogens is 3. The fourth-order valence-electron chi connectivity index (χ4n) is 8.24. The fraction of sp³-hybridized carbons (Fsp3) is 0.500. The zero-order chi connectivity index (χ0) is 28.9. The van der Waals surface area contributed by atoms with Crippen LogP contribution in [0, 0.1) is 17.8 Å². The van der Waals surface area contributed by atoms with Crippen LogP contribution in [-0.4, -0.2) is 33.2 Å². The molecule has 2 aromatic carbocycles. The molecular formula is C32H31F3N4O2S. The summed E-state index contributed by atoms with van der Waals surface area (Å²) >= 11 is 1.66. The van der Waals surface area contributed by atoms with Gasteiger partial charge in [0.05, 0.1) is 20.6 Å². The zero-order valence-corrected chi connectivity index (χ0v) is 24.2. The number of hydrogen-bond donors (Lipinski definition) is 0. The average molecular weight is 593 g/mol. The predicted octanol–water partition coefficient (Wildman–Crippen LogP) is 8.11. The standard InChI is InChI=1S/C32H31F3N4O2S/c1-19-36-23-6-5-21(14-24(23)42-19)20-3-2-4-22(13-20)39(28(40)31-15-32(35,16-31)17-31)18-29-7-10-30(11-8-29,12-9-29)27-37-26(25(33)34)41-38-27/h2-6,13-14,25H,7-12,15-18H2,1H3. The first-order valence-corrected chi connectivity index (χ1v) is 15.5. The summed E-state index contributed by atoms with van der Waals surface area (Å²) in [5, 5.41) is 4.96. The van der Waals surface area contributed by atoms with Gasteiger partial charge in [-0.25, -0.2) is 9.37 Å². The summed E-state index contributed by atoms with van der Waals surface area (Å²) in [5.74, 6) is -0.196. The highest BCUT2D eigenvalue weighted by Gasteiger charge is 2.73. The Morgan fingerprint density at radius 2 is 1.71 bits per heavy atom. The van der Waals surface area contributed by atoms with E-state index in [0.717, 1.165) is 70.6 Å². The lowest BCUT2D eigenvalue weighted by Crippen LogP contribution is -2.71. The maximum Gasteiger partial charge on any atom is 0.315 e. The Kier molecular flexibility index (Phi) is 5.57. The molecule has 2 heterocycles. The summed E-state index contributed by atoms with van der Waals surface area (Å²) in [7, 11) is 0. The third-order valence-corrected chi connectivity index (χ3v) is 11.6. The number of nitrogens with zero attached hydrogens (tertiary/aromatic N) is 4. The average Bonchev–Trinajstić information content (AvgIpc) is 3.61. The van der Waals surface area contributed by atoms with Gasteiger partial charge in [-0.2, -0.15) is 13.8 Å². The van der Waals surface area contributed by atoms with Crippen molar-refractivity contribution in [2.24, 2.45) is 10.8 Å². The first-order valence-electron chi connectivity index (χ1n) is 14.7. The summed E-state index contributed by atoms with van der Waals surface area (Å²) < 4.78 is 46.8.